The van der Waals surface area contributed by atoms with Crippen molar-refractivity contribution in [3.05, 3.63) is 69.5 Å². The van der Waals surface area contributed by atoms with Crippen LogP contribution in [0.5, 0.6) is 0 Å². The second kappa shape index (κ2) is 9.02. The average Bonchev–Trinajstić information content (AvgIpc) is 3.41. The van der Waals surface area contributed by atoms with Crippen molar-refractivity contribution < 1.29 is 14.3 Å². The molecule has 1 aliphatic heterocycles. The standard InChI is InChI=1S/C24H23Br2N3O3/c25-16-3-5-21-19(12-16)20-13-17(26)4-6-22(20)29(21)15-18(30)14-27-7-9-28(10-8-27)24(31)23-2-1-11-32-23/h1-6,11-13,18,30H,7-10,14-15H2/t18-/m1/s1. The van der Waals surface area contributed by atoms with Gasteiger partial charge in [-0.3, -0.25) is 9.69 Å². The maximum absolute atomic E-state index is 12.5. The third kappa shape index (κ3) is 4.24. The van der Waals surface area contributed by atoms with E-state index in [1.54, 1.807) is 12.1 Å². The fraction of sp³-hybridized carbons (Fsp3) is 0.292. The van der Waals surface area contributed by atoms with Crippen LogP contribution in [0.1, 0.15) is 10.6 Å². The molecule has 1 amide bonds. The number of fused-ring (bicyclic) bond motifs is 3. The fourth-order valence-electron chi connectivity index (χ4n) is 4.50. The van der Waals surface area contributed by atoms with Crippen LogP contribution < -0.4 is 0 Å². The minimum absolute atomic E-state index is 0.0715. The first-order valence-electron chi connectivity index (χ1n) is 10.6. The maximum Gasteiger partial charge on any atom is 0.289 e. The van der Waals surface area contributed by atoms with Gasteiger partial charge in [0.05, 0.1) is 18.9 Å². The van der Waals surface area contributed by atoms with E-state index in [4.69, 9.17) is 4.42 Å². The van der Waals surface area contributed by atoms with Gasteiger partial charge in [0.25, 0.3) is 5.91 Å². The third-order valence-electron chi connectivity index (χ3n) is 6.04. The lowest BCUT2D eigenvalue weighted by Gasteiger charge is -2.35. The number of halogens is 2. The molecule has 2 aromatic carbocycles. The van der Waals surface area contributed by atoms with Gasteiger partial charge in [-0.15, -0.1) is 0 Å². The molecule has 1 fully saturated rings. The van der Waals surface area contributed by atoms with Gasteiger partial charge in [-0.25, -0.2) is 0 Å². The van der Waals surface area contributed by atoms with Crippen LogP contribution >= 0.6 is 31.9 Å². The molecular formula is C24H23Br2N3O3. The molecule has 0 aliphatic carbocycles. The second-order valence-corrected chi connectivity index (χ2v) is 9.99. The summed E-state index contributed by atoms with van der Waals surface area (Å²) >= 11 is 7.16. The Morgan fingerprint density at radius 3 is 2.12 bits per heavy atom. The Morgan fingerprint density at radius 1 is 0.938 bits per heavy atom. The van der Waals surface area contributed by atoms with Gasteiger partial charge in [0.1, 0.15) is 0 Å². The molecule has 2 aromatic heterocycles. The number of hydrogen-bond donors (Lipinski definition) is 1. The van der Waals surface area contributed by atoms with E-state index in [1.165, 1.54) is 6.26 Å². The Morgan fingerprint density at radius 2 is 1.56 bits per heavy atom. The molecule has 5 rings (SSSR count). The molecule has 0 unspecified atom stereocenters. The van der Waals surface area contributed by atoms with Gasteiger partial charge in [-0.05, 0) is 48.5 Å². The number of carbonyl (C=O) groups excluding carboxylic acids is 1. The summed E-state index contributed by atoms with van der Waals surface area (Å²) in [4.78, 5) is 16.5. The molecule has 1 aliphatic rings. The zero-order valence-electron chi connectivity index (χ0n) is 17.4. The van der Waals surface area contributed by atoms with Gasteiger partial charge in [-0.1, -0.05) is 31.9 Å². The number of aliphatic hydroxyl groups is 1. The Bertz CT molecular complexity index is 1200. The Kier molecular flexibility index (Phi) is 6.11. The summed E-state index contributed by atoms with van der Waals surface area (Å²) < 4.78 is 9.50. The van der Waals surface area contributed by atoms with Crippen molar-refractivity contribution in [1.82, 2.24) is 14.4 Å². The van der Waals surface area contributed by atoms with Gasteiger partial charge in [-0.2, -0.15) is 0 Å². The van der Waals surface area contributed by atoms with Gasteiger partial charge in [0, 0.05) is 63.5 Å². The number of aromatic nitrogens is 1. The fourth-order valence-corrected chi connectivity index (χ4v) is 5.22. The maximum atomic E-state index is 12.5. The van der Waals surface area contributed by atoms with Crippen LogP contribution in [0.4, 0.5) is 0 Å². The lowest BCUT2D eigenvalue weighted by molar-refractivity contribution is 0.0481. The molecule has 1 saturated heterocycles. The minimum atomic E-state index is -0.520. The highest BCUT2D eigenvalue weighted by molar-refractivity contribution is 9.10. The van der Waals surface area contributed by atoms with E-state index >= 15 is 0 Å². The van der Waals surface area contributed by atoms with E-state index < -0.39 is 6.10 Å². The summed E-state index contributed by atoms with van der Waals surface area (Å²) in [5.74, 6) is 0.306. The SMILES string of the molecule is O=C(c1ccco1)N1CCN(C[C@@H](O)Cn2c3ccc(Br)cc3c3cc(Br)ccc32)CC1. The van der Waals surface area contributed by atoms with Crippen LogP contribution in [0.25, 0.3) is 21.8 Å². The van der Waals surface area contributed by atoms with E-state index in [2.05, 4.69) is 65.6 Å². The number of carbonyl (C=O) groups is 1. The second-order valence-electron chi connectivity index (χ2n) is 8.16. The van der Waals surface area contributed by atoms with Crippen molar-refractivity contribution >= 4 is 59.6 Å². The van der Waals surface area contributed by atoms with E-state index in [0.717, 1.165) is 43.8 Å². The Hall–Kier alpha value is -2.13. The molecule has 0 bridgehead atoms. The first-order valence-corrected chi connectivity index (χ1v) is 12.2. The van der Waals surface area contributed by atoms with Gasteiger partial charge in [0.15, 0.2) is 5.76 Å². The molecule has 1 N–H and O–H groups in total. The molecule has 6 nitrogen and oxygen atoms in total. The number of rotatable bonds is 5. The summed E-state index contributed by atoms with van der Waals surface area (Å²) in [6.07, 6.45) is 1.000. The highest BCUT2D eigenvalue weighted by Crippen LogP contribution is 2.33. The first kappa shape index (κ1) is 21.7. The topological polar surface area (TPSA) is 61.9 Å². The predicted molar refractivity (Wildman–Crippen MR) is 132 cm³/mol. The van der Waals surface area contributed by atoms with Gasteiger partial charge >= 0.3 is 0 Å². The van der Waals surface area contributed by atoms with Crippen molar-refractivity contribution in [2.24, 2.45) is 0 Å². The number of nitrogens with zero attached hydrogens (tertiary/aromatic N) is 3. The summed E-state index contributed by atoms with van der Waals surface area (Å²) in [5.41, 5.74) is 2.21. The van der Waals surface area contributed by atoms with Crippen LogP contribution in [-0.4, -0.2) is 64.2 Å². The van der Waals surface area contributed by atoms with Crippen LogP contribution in [0, 0.1) is 0 Å². The number of furan rings is 1. The zero-order chi connectivity index (χ0) is 22.2. The minimum Gasteiger partial charge on any atom is -0.459 e. The highest BCUT2D eigenvalue weighted by Gasteiger charge is 2.25. The lowest BCUT2D eigenvalue weighted by atomic mass is 10.2. The number of β-amino-alcohol motifs (C(OH)–C–C–N with tert-alkyl or cyclic N) is 1. The van der Waals surface area contributed by atoms with Crippen LogP contribution in [0.3, 0.4) is 0 Å². The number of aliphatic hydroxyl groups excluding tert-OH is 1. The predicted octanol–water partition coefficient (Wildman–Crippen LogP) is 4.73. The molecule has 3 heterocycles. The van der Waals surface area contributed by atoms with E-state index in [0.29, 0.717) is 31.9 Å². The number of piperazine rings is 1. The molecule has 1 atom stereocenters. The normalized spacial score (nSPS) is 16.2. The average molecular weight is 561 g/mol. The molecule has 0 radical (unpaired) electrons. The molecule has 166 valence electrons. The van der Waals surface area contributed by atoms with Crippen LogP contribution in [-0.2, 0) is 6.54 Å². The van der Waals surface area contributed by atoms with E-state index in [-0.39, 0.29) is 5.91 Å². The molecule has 4 aromatic rings. The van der Waals surface area contributed by atoms with Crippen LogP contribution in [0.2, 0.25) is 0 Å². The molecule has 8 heteroatoms. The lowest BCUT2D eigenvalue weighted by Crippen LogP contribution is -2.50. The summed E-state index contributed by atoms with van der Waals surface area (Å²) in [5, 5.41) is 13.3. The summed E-state index contributed by atoms with van der Waals surface area (Å²) in [7, 11) is 0. The van der Waals surface area contributed by atoms with Gasteiger partial charge < -0.3 is 19.0 Å². The summed E-state index contributed by atoms with van der Waals surface area (Å²) in [6, 6.07) is 15.9. The monoisotopic (exact) mass is 559 g/mol. The van der Waals surface area contributed by atoms with Gasteiger partial charge in [0.2, 0.25) is 0 Å². The Balaban J connectivity index is 1.28. The first-order chi connectivity index (χ1) is 15.5. The number of hydrogen-bond acceptors (Lipinski definition) is 4. The molecule has 0 spiro atoms. The van der Waals surface area contributed by atoms with Crippen molar-refractivity contribution in [2.45, 2.75) is 12.6 Å². The van der Waals surface area contributed by atoms with E-state index in [9.17, 15) is 9.90 Å². The number of benzene rings is 2. The largest absolute Gasteiger partial charge is 0.459 e. The van der Waals surface area contributed by atoms with Crippen LogP contribution in [0.15, 0.2) is 68.2 Å². The zero-order valence-corrected chi connectivity index (χ0v) is 20.5. The van der Waals surface area contributed by atoms with Crippen molar-refractivity contribution in [3.63, 3.8) is 0 Å². The molecule has 32 heavy (non-hydrogen) atoms. The number of amides is 1. The smallest absolute Gasteiger partial charge is 0.289 e. The van der Waals surface area contributed by atoms with Crippen molar-refractivity contribution in [1.29, 1.82) is 0 Å². The summed E-state index contributed by atoms with van der Waals surface area (Å²) in [6.45, 7) is 3.80. The van der Waals surface area contributed by atoms with E-state index in [1.807, 2.05) is 17.0 Å². The van der Waals surface area contributed by atoms with Crippen molar-refractivity contribution in [2.75, 3.05) is 32.7 Å². The van der Waals surface area contributed by atoms with Crippen molar-refractivity contribution in [3.8, 4) is 0 Å². The highest BCUT2D eigenvalue weighted by atomic mass is 79.9. The molecule has 0 saturated carbocycles. The quantitative estimate of drug-likeness (QED) is 0.383. The molecular weight excluding hydrogens is 538 g/mol. The third-order valence-corrected chi connectivity index (χ3v) is 7.03. The Labute approximate surface area is 202 Å².